The molecular formula is C12H16F4N2O3. The molecule has 0 saturated heterocycles. The summed E-state index contributed by atoms with van der Waals surface area (Å²) in [5.74, 6) is -4.43. The van der Waals surface area contributed by atoms with Gasteiger partial charge in [-0.05, 0) is 0 Å². The average molecular weight is 312 g/mol. The molecule has 0 aliphatic rings. The van der Waals surface area contributed by atoms with Gasteiger partial charge >= 0.3 is 12.3 Å². The first kappa shape index (κ1) is 17.5. The monoisotopic (exact) mass is 312 g/mol. The third kappa shape index (κ3) is 5.41. The van der Waals surface area contributed by atoms with Crippen LogP contribution in [-0.2, 0) is 22.6 Å². The smallest absolute Gasteiger partial charge is 0.330 e. The Bertz CT molecular complexity index is 483. The minimum Gasteiger partial charge on any atom is -0.367 e. The maximum atomic E-state index is 12.6. The number of halogens is 4. The zero-order valence-corrected chi connectivity index (χ0v) is 11.8. The van der Waals surface area contributed by atoms with Gasteiger partial charge in [-0.2, -0.15) is 13.8 Å². The first-order valence-electron chi connectivity index (χ1n) is 6.11. The summed E-state index contributed by atoms with van der Waals surface area (Å²) in [7, 11) is 0. The maximum absolute atomic E-state index is 12.6. The Morgan fingerprint density at radius 1 is 1.33 bits per heavy atom. The highest BCUT2D eigenvalue weighted by Crippen LogP contribution is 2.23. The summed E-state index contributed by atoms with van der Waals surface area (Å²) in [6.45, 7) is 3.22. The molecule has 1 aromatic heterocycles. The van der Waals surface area contributed by atoms with Crippen molar-refractivity contribution in [1.82, 2.24) is 10.1 Å². The van der Waals surface area contributed by atoms with Gasteiger partial charge < -0.3 is 9.26 Å². The number of ketones is 1. The molecule has 0 aliphatic carbocycles. The van der Waals surface area contributed by atoms with Gasteiger partial charge in [0.1, 0.15) is 19.0 Å². The van der Waals surface area contributed by atoms with Gasteiger partial charge in [-0.3, -0.25) is 4.79 Å². The molecule has 5 nitrogen and oxygen atoms in total. The van der Waals surface area contributed by atoms with Crippen LogP contribution >= 0.6 is 0 Å². The van der Waals surface area contributed by atoms with Crippen molar-refractivity contribution < 1.29 is 31.6 Å². The van der Waals surface area contributed by atoms with E-state index in [1.807, 2.05) is 0 Å². The number of nitrogens with zero attached hydrogens (tertiary/aromatic N) is 2. The maximum Gasteiger partial charge on any atom is 0.330 e. The van der Waals surface area contributed by atoms with E-state index in [0.29, 0.717) is 0 Å². The van der Waals surface area contributed by atoms with Gasteiger partial charge in [-0.25, -0.2) is 8.78 Å². The number of hydrogen-bond acceptors (Lipinski definition) is 5. The zero-order chi connectivity index (χ0) is 16.3. The van der Waals surface area contributed by atoms with Crippen LogP contribution in [0.5, 0.6) is 0 Å². The van der Waals surface area contributed by atoms with Crippen LogP contribution in [0.3, 0.4) is 0 Å². The lowest BCUT2D eigenvalue weighted by atomic mass is 9.89. The minimum atomic E-state index is -4.23. The van der Waals surface area contributed by atoms with Crippen LogP contribution in [0, 0.1) is 5.41 Å². The first-order chi connectivity index (χ1) is 9.52. The molecule has 0 saturated carbocycles. The Kier molecular flexibility index (Phi) is 5.43. The van der Waals surface area contributed by atoms with Crippen LogP contribution in [0.1, 0.15) is 32.5 Å². The Balaban J connectivity index is 2.48. The lowest BCUT2D eigenvalue weighted by molar-refractivity contribution is -0.168. The van der Waals surface area contributed by atoms with E-state index in [0.717, 1.165) is 0 Å². The van der Waals surface area contributed by atoms with E-state index in [4.69, 9.17) is 4.52 Å². The summed E-state index contributed by atoms with van der Waals surface area (Å²) in [4.78, 5) is 15.5. The van der Waals surface area contributed by atoms with Gasteiger partial charge in [0.05, 0.1) is 6.42 Å². The summed E-state index contributed by atoms with van der Waals surface area (Å²) in [6.07, 6.45) is -3.90. The molecule has 21 heavy (non-hydrogen) atoms. The molecule has 120 valence electrons. The predicted molar refractivity (Wildman–Crippen MR) is 63.1 cm³/mol. The third-order valence-corrected chi connectivity index (χ3v) is 2.50. The van der Waals surface area contributed by atoms with Crippen LogP contribution in [0.4, 0.5) is 17.6 Å². The quantitative estimate of drug-likeness (QED) is 0.724. The predicted octanol–water partition coefficient (Wildman–Crippen LogP) is 2.64. The molecule has 0 fully saturated rings. The fourth-order valence-electron chi connectivity index (χ4n) is 1.16. The molecule has 0 radical (unpaired) electrons. The molecule has 0 N–H and O–H groups in total. The van der Waals surface area contributed by atoms with Crippen LogP contribution in [0.2, 0.25) is 0 Å². The van der Waals surface area contributed by atoms with E-state index in [9.17, 15) is 22.4 Å². The van der Waals surface area contributed by atoms with Crippen molar-refractivity contribution in [2.45, 2.75) is 46.1 Å². The van der Waals surface area contributed by atoms with Crippen molar-refractivity contribution in [2.75, 3.05) is 6.61 Å². The topological polar surface area (TPSA) is 65.2 Å². The van der Waals surface area contributed by atoms with Crippen molar-refractivity contribution in [3.05, 3.63) is 11.7 Å². The van der Waals surface area contributed by atoms with Crippen molar-refractivity contribution in [2.24, 2.45) is 5.41 Å². The van der Waals surface area contributed by atoms with E-state index < -0.39 is 31.0 Å². The number of carbonyl (C=O) groups is 1. The molecule has 0 bridgehead atoms. The summed E-state index contributed by atoms with van der Waals surface area (Å²) >= 11 is 0. The number of hydrogen-bond donors (Lipinski definition) is 0. The normalized spacial score (nSPS) is 13.0. The van der Waals surface area contributed by atoms with Crippen molar-refractivity contribution in [1.29, 1.82) is 0 Å². The van der Waals surface area contributed by atoms with E-state index in [1.165, 1.54) is 0 Å². The summed E-state index contributed by atoms with van der Waals surface area (Å²) in [5, 5.41) is 3.42. The van der Waals surface area contributed by atoms with Crippen LogP contribution in [-0.4, -0.2) is 34.9 Å². The minimum absolute atomic E-state index is 0.0224. The molecule has 0 aromatic carbocycles. The van der Waals surface area contributed by atoms with Crippen molar-refractivity contribution in [3.63, 3.8) is 0 Å². The molecule has 0 unspecified atom stereocenters. The standard InChI is InChI=1S/C12H16F4N2O3/c1-11(2,3)7(19)4-9-17-8(18-21-9)5-20-6-12(15,16)10(13)14/h10H,4-6H2,1-3H3. The first-order valence-corrected chi connectivity index (χ1v) is 6.11. The zero-order valence-electron chi connectivity index (χ0n) is 11.8. The highest BCUT2D eigenvalue weighted by Gasteiger charge is 2.41. The fraction of sp³-hybridized carbons (Fsp3) is 0.750. The lowest BCUT2D eigenvalue weighted by Gasteiger charge is -2.14. The number of carbonyl (C=O) groups excluding carboxylic acids is 1. The van der Waals surface area contributed by atoms with Crippen LogP contribution in [0.15, 0.2) is 4.52 Å². The number of rotatable bonds is 7. The fourth-order valence-corrected chi connectivity index (χ4v) is 1.16. The van der Waals surface area contributed by atoms with Gasteiger partial charge in [0.25, 0.3) is 0 Å². The van der Waals surface area contributed by atoms with Crippen molar-refractivity contribution in [3.8, 4) is 0 Å². The Hall–Kier alpha value is -1.51. The van der Waals surface area contributed by atoms with Gasteiger partial charge in [0.2, 0.25) is 5.89 Å². The molecule has 0 aliphatic heterocycles. The molecule has 0 amide bonds. The second kappa shape index (κ2) is 6.50. The second-order valence-electron chi connectivity index (χ2n) is 5.51. The SMILES string of the molecule is CC(C)(C)C(=O)Cc1nc(COCC(F)(F)C(F)F)no1. The molecule has 9 heteroatoms. The number of alkyl halides is 4. The van der Waals surface area contributed by atoms with Crippen LogP contribution in [0.25, 0.3) is 0 Å². The molecule has 1 rings (SSSR count). The second-order valence-corrected chi connectivity index (χ2v) is 5.51. The number of Topliss-reactive ketones (excluding diaryl/α,β-unsaturated/α-hetero) is 1. The largest absolute Gasteiger partial charge is 0.367 e. The molecule has 0 spiro atoms. The number of aromatic nitrogens is 2. The van der Waals surface area contributed by atoms with Crippen LogP contribution < -0.4 is 0 Å². The Labute approximate surface area is 118 Å². The third-order valence-electron chi connectivity index (χ3n) is 2.50. The number of ether oxygens (including phenoxy) is 1. The highest BCUT2D eigenvalue weighted by atomic mass is 19.3. The Morgan fingerprint density at radius 3 is 2.48 bits per heavy atom. The average Bonchev–Trinajstić information content (AvgIpc) is 2.75. The van der Waals surface area contributed by atoms with Gasteiger partial charge in [0, 0.05) is 5.41 Å². The Morgan fingerprint density at radius 2 is 1.95 bits per heavy atom. The van der Waals surface area contributed by atoms with E-state index in [2.05, 4.69) is 14.9 Å². The van der Waals surface area contributed by atoms with Gasteiger partial charge in [-0.15, -0.1) is 0 Å². The molecule has 1 aromatic rings. The molecular weight excluding hydrogens is 296 g/mol. The molecule has 0 atom stereocenters. The lowest BCUT2D eigenvalue weighted by Crippen LogP contribution is -2.32. The highest BCUT2D eigenvalue weighted by molar-refractivity contribution is 5.84. The van der Waals surface area contributed by atoms with E-state index >= 15 is 0 Å². The summed E-state index contributed by atoms with van der Waals surface area (Å²) in [6, 6.07) is 0. The van der Waals surface area contributed by atoms with Gasteiger partial charge in [-0.1, -0.05) is 25.9 Å². The summed E-state index contributed by atoms with van der Waals surface area (Å²) in [5.41, 5.74) is -0.579. The molecule has 1 heterocycles. The van der Waals surface area contributed by atoms with Gasteiger partial charge in [0.15, 0.2) is 5.82 Å². The van der Waals surface area contributed by atoms with E-state index in [-0.39, 0.29) is 23.9 Å². The summed E-state index contributed by atoms with van der Waals surface area (Å²) < 4.78 is 58.1. The van der Waals surface area contributed by atoms with Crippen molar-refractivity contribution >= 4 is 5.78 Å². The van der Waals surface area contributed by atoms with E-state index in [1.54, 1.807) is 20.8 Å².